The maximum atomic E-state index is 14.6. The Kier molecular flexibility index (Phi) is 5.03. The van der Waals surface area contributed by atoms with E-state index in [1.54, 1.807) is 42.3 Å². The van der Waals surface area contributed by atoms with E-state index in [0.717, 1.165) is 0 Å². The predicted octanol–water partition coefficient (Wildman–Crippen LogP) is 5.06. The molecule has 1 aromatic carbocycles. The van der Waals surface area contributed by atoms with Crippen molar-refractivity contribution in [1.29, 1.82) is 0 Å². The molecule has 2 heterocycles. The smallest absolute Gasteiger partial charge is 0.261 e. The number of benzene rings is 1. The minimum Gasteiger partial charge on any atom is -0.361 e. The number of terminal acetylenes is 1. The quantitative estimate of drug-likeness (QED) is 0.630. The number of anilines is 1. The molecule has 1 aliphatic heterocycles. The van der Waals surface area contributed by atoms with E-state index in [1.807, 2.05) is 0 Å². The largest absolute Gasteiger partial charge is 0.361 e. The molecule has 4 nitrogen and oxygen atoms in total. The summed E-state index contributed by atoms with van der Waals surface area (Å²) in [6.07, 6.45) is 7.50. The van der Waals surface area contributed by atoms with Crippen molar-refractivity contribution in [3.63, 3.8) is 0 Å². The van der Waals surface area contributed by atoms with Gasteiger partial charge in [0.15, 0.2) is 0 Å². The van der Waals surface area contributed by atoms with Crippen molar-refractivity contribution in [2.75, 3.05) is 5.32 Å². The number of fused-ring (bicyclic) bond motifs is 1. The third-order valence-electron chi connectivity index (χ3n) is 5.37. The van der Waals surface area contributed by atoms with E-state index in [9.17, 15) is 13.2 Å². The third kappa shape index (κ3) is 3.48. The molecule has 0 radical (unpaired) electrons. The Morgan fingerprint density at radius 3 is 2.72 bits per heavy atom. The van der Waals surface area contributed by atoms with Gasteiger partial charge in [-0.2, -0.15) is 0 Å². The summed E-state index contributed by atoms with van der Waals surface area (Å²) in [4.78, 5) is 10.5. The first-order valence-electron chi connectivity index (χ1n) is 9.13. The molecule has 1 fully saturated rings. The van der Waals surface area contributed by atoms with Gasteiger partial charge >= 0.3 is 0 Å². The van der Waals surface area contributed by atoms with Gasteiger partial charge in [0, 0.05) is 23.9 Å². The molecular formula is C21H18BrF3N4. The SMILES string of the molecule is C#C[C@@H](Nc1nc(C)nc2c1CN(C1(C(F)F)CC1)C=C2)c1cccc(Br)c1F. The first-order valence-corrected chi connectivity index (χ1v) is 9.92. The molecule has 4 rings (SSSR count). The molecule has 1 atom stereocenters. The van der Waals surface area contributed by atoms with Crippen LogP contribution in [0.25, 0.3) is 6.08 Å². The average molecular weight is 463 g/mol. The molecule has 1 aromatic heterocycles. The van der Waals surface area contributed by atoms with Crippen molar-refractivity contribution in [3.8, 4) is 12.3 Å². The van der Waals surface area contributed by atoms with Crippen LogP contribution in [-0.2, 0) is 6.54 Å². The summed E-state index contributed by atoms with van der Waals surface area (Å²) in [5.41, 5.74) is 0.479. The molecule has 1 saturated carbocycles. The number of hydrogen-bond donors (Lipinski definition) is 1. The Morgan fingerprint density at radius 1 is 1.31 bits per heavy atom. The summed E-state index contributed by atoms with van der Waals surface area (Å²) < 4.78 is 42.0. The number of aryl methyl sites for hydroxylation is 1. The molecule has 1 N–H and O–H groups in total. The molecule has 8 heteroatoms. The summed E-state index contributed by atoms with van der Waals surface area (Å²) in [6.45, 7) is 1.97. The highest BCUT2D eigenvalue weighted by molar-refractivity contribution is 9.10. The van der Waals surface area contributed by atoms with E-state index in [4.69, 9.17) is 6.42 Å². The molecule has 0 amide bonds. The van der Waals surface area contributed by atoms with Crippen LogP contribution in [0.2, 0.25) is 0 Å². The van der Waals surface area contributed by atoms with Crippen LogP contribution in [0.1, 0.15) is 41.5 Å². The second kappa shape index (κ2) is 7.38. The Labute approximate surface area is 175 Å². The van der Waals surface area contributed by atoms with Crippen molar-refractivity contribution >= 4 is 27.8 Å². The van der Waals surface area contributed by atoms with E-state index < -0.39 is 23.8 Å². The standard InChI is InChI=1S/C21H18BrF3N4/c1-3-16(13-5-4-6-15(22)18(13)23)28-19-14-11-29(21(8-9-21)20(24)25)10-7-17(14)26-12(2)27-19/h1,4-7,10,16,20H,8-9,11H2,2H3,(H,26,27,28)/t16-/m1/s1. The monoisotopic (exact) mass is 462 g/mol. The summed E-state index contributed by atoms with van der Waals surface area (Å²) in [6, 6.07) is 4.10. The lowest BCUT2D eigenvalue weighted by atomic mass is 10.0. The van der Waals surface area contributed by atoms with E-state index in [0.29, 0.717) is 45.8 Å². The van der Waals surface area contributed by atoms with Crippen LogP contribution >= 0.6 is 15.9 Å². The first kappa shape index (κ1) is 19.8. The van der Waals surface area contributed by atoms with Gasteiger partial charge in [0.25, 0.3) is 6.43 Å². The van der Waals surface area contributed by atoms with E-state index in [-0.39, 0.29) is 6.54 Å². The summed E-state index contributed by atoms with van der Waals surface area (Å²) in [5.74, 6) is 3.02. The van der Waals surface area contributed by atoms with Crippen molar-refractivity contribution in [1.82, 2.24) is 14.9 Å². The average Bonchev–Trinajstić information content (AvgIpc) is 3.50. The van der Waals surface area contributed by atoms with Gasteiger partial charge < -0.3 is 10.2 Å². The second-order valence-electron chi connectivity index (χ2n) is 7.22. The van der Waals surface area contributed by atoms with Crippen molar-refractivity contribution in [2.24, 2.45) is 0 Å². The zero-order chi connectivity index (χ0) is 20.8. The number of hydrogen-bond acceptors (Lipinski definition) is 4. The van der Waals surface area contributed by atoms with Crippen LogP contribution < -0.4 is 5.32 Å². The number of nitrogens with zero attached hydrogens (tertiary/aromatic N) is 3. The fourth-order valence-corrected chi connectivity index (χ4v) is 3.95. The molecule has 29 heavy (non-hydrogen) atoms. The van der Waals surface area contributed by atoms with Gasteiger partial charge in [-0.3, -0.25) is 0 Å². The van der Waals surface area contributed by atoms with Crippen LogP contribution in [0, 0.1) is 25.1 Å². The minimum absolute atomic E-state index is 0.233. The highest BCUT2D eigenvalue weighted by Gasteiger charge is 2.55. The van der Waals surface area contributed by atoms with Crippen LogP contribution in [0.4, 0.5) is 19.0 Å². The van der Waals surface area contributed by atoms with Gasteiger partial charge in [0.2, 0.25) is 0 Å². The summed E-state index contributed by atoms with van der Waals surface area (Å²) in [7, 11) is 0. The maximum absolute atomic E-state index is 14.6. The third-order valence-corrected chi connectivity index (χ3v) is 5.98. The van der Waals surface area contributed by atoms with Crippen LogP contribution in [0.3, 0.4) is 0 Å². The summed E-state index contributed by atoms with van der Waals surface area (Å²) in [5, 5.41) is 3.11. The van der Waals surface area contributed by atoms with Crippen molar-refractivity contribution in [2.45, 2.75) is 44.3 Å². The lowest BCUT2D eigenvalue weighted by molar-refractivity contribution is 0.0276. The number of rotatable bonds is 5. The lowest BCUT2D eigenvalue weighted by Crippen LogP contribution is -2.40. The van der Waals surface area contributed by atoms with Gasteiger partial charge in [0.1, 0.15) is 29.0 Å². The number of halogens is 4. The van der Waals surface area contributed by atoms with Crippen LogP contribution in [0.5, 0.6) is 0 Å². The van der Waals surface area contributed by atoms with Gasteiger partial charge in [-0.15, -0.1) is 6.42 Å². The highest BCUT2D eigenvalue weighted by atomic mass is 79.9. The predicted molar refractivity (Wildman–Crippen MR) is 109 cm³/mol. The zero-order valence-corrected chi connectivity index (χ0v) is 17.2. The molecule has 150 valence electrons. The molecule has 0 saturated heterocycles. The van der Waals surface area contributed by atoms with E-state index in [2.05, 4.69) is 37.1 Å². The number of aromatic nitrogens is 2. The van der Waals surface area contributed by atoms with Gasteiger partial charge in [0.05, 0.1) is 10.2 Å². The van der Waals surface area contributed by atoms with E-state index >= 15 is 0 Å². The molecule has 1 aliphatic carbocycles. The normalized spacial score (nSPS) is 17.6. The molecule has 2 aliphatic rings. The summed E-state index contributed by atoms with van der Waals surface area (Å²) >= 11 is 3.17. The zero-order valence-electron chi connectivity index (χ0n) is 15.6. The van der Waals surface area contributed by atoms with Crippen LogP contribution in [0.15, 0.2) is 28.9 Å². The topological polar surface area (TPSA) is 41.1 Å². The molecule has 2 aromatic rings. The van der Waals surface area contributed by atoms with E-state index in [1.165, 1.54) is 0 Å². The van der Waals surface area contributed by atoms with Crippen molar-refractivity contribution < 1.29 is 13.2 Å². The van der Waals surface area contributed by atoms with Crippen LogP contribution in [-0.4, -0.2) is 26.8 Å². The minimum atomic E-state index is -2.44. The fourth-order valence-electron chi connectivity index (χ4n) is 3.57. The Morgan fingerprint density at radius 2 is 2.07 bits per heavy atom. The highest BCUT2D eigenvalue weighted by Crippen LogP contribution is 2.49. The van der Waals surface area contributed by atoms with Gasteiger partial charge in [-0.25, -0.2) is 23.1 Å². The number of alkyl halides is 2. The molecule has 0 bridgehead atoms. The first-order chi connectivity index (χ1) is 13.9. The Balaban J connectivity index is 1.69. The number of nitrogens with one attached hydrogen (secondary N) is 1. The Hall–Kier alpha value is -2.53. The molecule has 0 spiro atoms. The second-order valence-corrected chi connectivity index (χ2v) is 8.07. The fraction of sp³-hybridized carbons (Fsp3) is 0.333. The maximum Gasteiger partial charge on any atom is 0.261 e. The van der Waals surface area contributed by atoms with Gasteiger partial charge in [-0.05, 0) is 47.8 Å². The Bertz CT molecular complexity index is 1030. The van der Waals surface area contributed by atoms with Crippen molar-refractivity contribution in [3.05, 3.63) is 57.3 Å². The lowest BCUT2D eigenvalue weighted by Gasteiger charge is -2.34. The van der Waals surface area contributed by atoms with Gasteiger partial charge in [-0.1, -0.05) is 18.1 Å². The molecular weight excluding hydrogens is 445 g/mol. The molecule has 0 unspecified atom stereocenters.